The molecule has 2 aliphatic rings. The summed E-state index contributed by atoms with van der Waals surface area (Å²) in [5.41, 5.74) is 1.80. The second-order valence-corrected chi connectivity index (χ2v) is 7.60. The molecule has 0 N–H and O–H groups in total. The fourth-order valence-corrected chi connectivity index (χ4v) is 4.30. The Labute approximate surface area is 153 Å². The highest BCUT2D eigenvalue weighted by Crippen LogP contribution is 2.46. The van der Waals surface area contributed by atoms with Crippen LogP contribution in [0.3, 0.4) is 0 Å². The zero-order chi connectivity index (χ0) is 17.3. The second kappa shape index (κ2) is 6.75. The van der Waals surface area contributed by atoms with E-state index in [9.17, 15) is 4.79 Å². The van der Waals surface area contributed by atoms with Crippen molar-refractivity contribution in [1.29, 1.82) is 0 Å². The highest BCUT2D eigenvalue weighted by molar-refractivity contribution is 6.30. The molecule has 4 nitrogen and oxygen atoms in total. The number of nitrogens with zero attached hydrogens (tertiary/aromatic N) is 3. The molecule has 1 aromatic carbocycles. The molecule has 1 unspecified atom stereocenters. The van der Waals surface area contributed by atoms with Gasteiger partial charge < -0.3 is 4.90 Å². The summed E-state index contributed by atoms with van der Waals surface area (Å²) in [5, 5.41) is 0.715. The number of benzene rings is 1. The number of hydrogen-bond donors (Lipinski definition) is 0. The van der Waals surface area contributed by atoms with E-state index in [1.165, 1.54) is 0 Å². The van der Waals surface area contributed by atoms with E-state index >= 15 is 0 Å². The number of piperidine rings is 1. The fourth-order valence-electron chi connectivity index (χ4n) is 4.17. The number of likely N-dealkylation sites (tertiary alicyclic amines) is 1. The molecule has 1 atom stereocenters. The smallest absolute Gasteiger partial charge is 0.233 e. The van der Waals surface area contributed by atoms with Gasteiger partial charge in [0.2, 0.25) is 5.91 Å². The van der Waals surface area contributed by atoms with Crippen molar-refractivity contribution in [3.63, 3.8) is 0 Å². The van der Waals surface area contributed by atoms with Gasteiger partial charge >= 0.3 is 0 Å². The van der Waals surface area contributed by atoms with Gasteiger partial charge in [-0.2, -0.15) is 0 Å². The molecule has 25 heavy (non-hydrogen) atoms. The average molecular weight is 356 g/mol. The fraction of sp³-hybridized carbons (Fsp3) is 0.450. The van der Waals surface area contributed by atoms with E-state index in [0.717, 1.165) is 56.5 Å². The Morgan fingerprint density at radius 2 is 1.96 bits per heavy atom. The topological polar surface area (TPSA) is 46.1 Å². The number of amides is 1. The predicted octanol–water partition coefficient (Wildman–Crippen LogP) is 3.96. The van der Waals surface area contributed by atoms with Gasteiger partial charge in [0.15, 0.2) is 0 Å². The van der Waals surface area contributed by atoms with Crippen molar-refractivity contribution in [2.75, 3.05) is 13.1 Å². The van der Waals surface area contributed by atoms with Crippen LogP contribution in [0.25, 0.3) is 0 Å². The van der Waals surface area contributed by atoms with Crippen LogP contribution in [0.1, 0.15) is 49.3 Å². The summed E-state index contributed by atoms with van der Waals surface area (Å²) in [4.78, 5) is 23.9. The summed E-state index contributed by atoms with van der Waals surface area (Å²) < 4.78 is 0. The number of aromatic nitrogens is 2. The molecule has 1 saturated heterocycles. The third kappa shape index (κ3) is 3.04. The van der Waals surface area contributed by atoms with Gasteiger partial charge in [0.1, 0.15) is 6.33 Å². The van der Waals surface area contributed by atoms with Crippen molar-refractivity contribution in [2.45, 2.75) is 43.4 Å². The predicted molar refractivity (Wildman–Crippen MR) is 97.6 cm³/mol. The monoisotopic (exact) mass is 355 g/mol. The lowest BCUT2D eigenvalue weighted by atomic mass is 9.63. The minimum atomic E-state index is -0.349. The molecule has 2 heterocycles. The minimum Gasteiger partial charge on any atom is -0.341 e. The zero-order valence-electron chi connectivity index (χ0n) is 14.2. The number of halogens is 1. The molecule has 0 bridgehead atoms. The van der Waals surface area contributed by atoms with Crippen molar-refractivity contribution < 1.29 is 4.79 Å². The van der Waals surface area contributed by atoms with Crippen LogP contribution < -0.4 is 0 Å². The first-order valence-electron chi connectivity index (χ1n) is 9.00. The number of carbonyl (C=O) groups is 1. The first-order chi connectivity index (χ1) is 12.2. The van der Waals surface area contributed by atoms with Gasteiger partial charge in [-0.15, -0.1) is 0 Å². The molecule has 4 rings (SSSR count). The van der Waals surface area contributed by atoms with Crippen LogP contribution in [0.4, 0.5) is 0 Å². The lowest BCUT2D eigenvalue weighted by Crippen LogP contribution is -2.53. The standard InChI is InChI=1S/C20H22ClN3O/c21-17-6-4-16(5-7-17)20(9-2-10-20)19(25)24-12-1-3-15(13-24)18-8-11-22-14-23-18/h4-8,11,14-15H,1-3,9-10,12-13H2. The van der Waals surface area contributed by atoms with Crippen LogP contribution in [0, 0.1) is 0 Å². The van der Waals surface area contributed by atoms with Crippen LogP contribution in [0.15, 0.2) is 42.9 Å². The van der Waals surface area contributed by atoms with Gasteiger partial charge in [-0.1, -0.05) is 30.2 Å². The Balaban J connectivity index is 1.56. The molecule has 2 fully saturated rings. The molecule has 1 amide bonds. The maximum absolute atomic E-state index is 13.4. The maximum atomic E-state index is 13.4. The summed E-state index contributed by atoms with van der Waals surface area (Å²) in [5.74, 6) is 0.586. The van der Waals surface area contributed by atoms with Crippen LogP contribution >= 0.6 is 11.6 Å². The summed E-state index contributed by atoms with van der Waals surface area (Å²) in [7, 11) is 0. The zero-order valence-corrected chi connectivity index (χ0v) is 15.0. The second-order valence-electron chi connectivity index (χ2n) is 7.17. The van der Waals surface area contributed by atoms with E-state index in [0.29, 0.717) is 10.9 Å². The van der Waals surface area contributed by atoms with Crippen molar-refractivity contribution in [3.05, 3.63) is 59.1 Å². The van der Waals surface area contributed by atoms with Crippen molar-refractivity contribution in [1.82, 2.24) is 14.9 Å². The van der Waals surface area contributed by atoms with Gasteiger partial charge in [-0.05, 0) is 49.4 Å². The number of hydrogen-bond acceptors (Lipinski definition) is 3. The first kappa shape index (κ1) is 16.5. The van der Waals surface area contributed by atoms with Crippen LogP contribution in [-0.2, 0) is 10.2 Å². The summed E-state index contributed by atoms with van der Waals surface area (Å²) >= 11 is 6.03. The van der Waals surface area contributed by atoms with E-state index in [-0.39, 0.29) is 11.3 Å². The lowest BCUT2D eigenvalue weighted by molar-refractivity contribution is -0.142. The largest absolute Gasteiger partial charge is 0.341 e. The van der Waals surface area contributed by atoms with Gasteiger partial charge in [0.25, 0.3) is 0 Å². The Bertz CT molecular complexity index is 743. The Morgan fingerprint density at radius 3 is 2.60 bits per heavy atom. The van der Waals surface area contributed by atoms with Crippen LogP contribution in [0.5, 0.6) is 0 Å². The van der Waals surface area contributed by atoms with Crippen molar-refractivity contribution in [2.24, 2.45) is 0 Å². The maximum Gasteiger partial charge on any atom is 0.233 e. The van der Waals surface area contributed by atoms with Crippen molar-refractivity contribution in [3.8, 4) is 0 Å². The summed E-state index contributed by atoms with van der Waals surface area (Å²) in [6, 6.07) is 9.79. The molecule has 0 spiro atoms. The molecule has 2 aromatic rings. The quantitative estimate of drug-likeness (QED) is 0.837. The Morgan fingerprint density at radius 1 is 1.16 bits per heavy atom. The first-order valence-corrected chi connectivity index (χ1v) is 9.38. The SMILES string of the molecule is O=C(N1CCCC(c2ccncn2)C1)C1(c2ccc(Cl)cc2)CCC1. The third-order valence-electron chi connectivity index (χ3n) is 5.75. The average Bonchev–Trinajstić information content (AvgIpc) is 2.63. The molecular formula is C20H22ClN3O. The summed E-state index contributed by atoms with van der Waals surface area (Å²) in [6.07, 6.45) is 8.45. The molecule has 1 saturated carbocycles. The number of rotatable bonds is 3. The van der Waals surface area contributed by atoms with E-state index in [1.54, 1.807) is 12.5 Å². The Kier molecular flexibility index (Phi) is 4.46. The minimum absolute atomic E-state index is 0.278. The highest BCUT2D eigenvalue weighted by atomic mass is 35.5. The van der Waals surface area contributed by atoms with E-state index in [2.05, 4.69) is 14.9 Å². The lowest BCUT2D eigenvalue weighted by Gasteiger charge is -2.46. The molecule has 1 aromatic heterocycles. The van der Waals surface area contributed by atoms with E-state index in [4.69, 9.17) is 11.6 Å². The van der Waals surface area contributed by atoms with Gasteiger partial charge in [0, 0.05) is 35.9 Å². The van der Waals surface area contributed by atoms with Crippen LogP contribution in [-0.4, -0.2) is 33.9 Å². The van der Waals surface area contributed by atoms with E-state index < -0.39 is 0 Å². The van der Waals surface area contributed by atoms with Crippen molar-refractivity contribution >= 4 is 17.5 Å². The van der Waals surface area contributed by atoms with Gasteiger partial charge in [-0.3, -0.25) is 4.79 Å². The molecule has 1 aliphatic carbocycles. The molecular weight excluding hydrogens is 334 g/mol. The van der Waals surface area contributed by atoms with Gasteiger partial charge in [0.05, 0.1) is 5.41 Å². The van der Waals surface area contributed by atoms with Crippen LogP contribution in [0.2, 0.25) is 5.02 Å². The number of carbonyl (C=O) groups excluding carboxylic acids is 1. The normalized spacial score (nSPS) is 22.3. The van der Waals surface area contributed by atoms with Gasteiger partial charge in [-0.25, -0.2) is 9.97 Å². The molecule has 0 radical (unpaired) electrons. The molecule has 130 valence electrons. The highest BCUT2D eigenvalue weighted by Gasteiger charge is 2.48. The molecule has 1 aliphatic heterocycles. The third-order valence-corrected chi connectivity index (χ3v) is 6.00. The van der Waals surface area contributed by atoms with E-state index in [1.807, 2.05) is 30.3 Å². The molecule has 5 heteroatoms. The Hall–Kier alpha value is -1.94. The summed E-state index contributed by atoms with van der Waals surface area (Å²) in [6.45, 7) is 1.60.